The van der Waals surface area contributed by atoms with Gasteiger partial charge in [-0.2, -0.15) is 0 Å². The minimum Gasteiger partial charge on any atom is -0.471 e. The van der Waals surface area contributed by atoms with Crippen molar-refractivity contribution in [2.24, 2.45) is 11.8 Å². The summed E-state index contributed by atoms with van der Waals surface area (Å²) in [6.45, 7) is 0.612. The van der Waals surface area contributed by atoms with Gasteiger partial charge in [0.05, 0.1) is 24.4 Å². The summed E-state index contributed by atoms with van der Waals surface area (Å²) >= 11 is 0. The maximum atomic E-state index is 11.4. The Morgan fingerprint density at radius 1 is 1.36 bits per heavy atom. The zero-order valence-corrected chi connectivity index (χ0v) is 7.30. The highest BCUT2D eigenvalue weighted by Gasteiger charge is 2.57. The minimum absolute atomic E-state index is 0.0657. The average Bonchev–Trinajstić information content (AvgIpc) is 2.79. The van der Waals surface area contributed by atoms with Gasteiger partial charge in [-0.15, -0.1) is 0 Å². The molecular formula is C10H8O4. The summed E-state index contributed by atoms with van der Waals surface area (Å²) in [4.78, 5) is 11.4. The molecule has 0 bridgehead atoms. The van der Waals surface area contributed by atoms with Gasteiger partial charge in [0.25, 0.3) is 0 Å². The van der Waals surface area contributed by atoms with Gasteiger partial charge in [-0.25, -0.2) is 4.79 Å². The SMILES string of the molecule is O=C1O[C@H]2C=C3CO[C@H]4OC=C1[C@@H]2[C@@H]34. The number of ether oxygens (including phenoxy) is 3. The summed E-state index contributed by atoms with van der Waals surface area (Å²) in [5.74, 6) is 0.130. The molecule has 0 aromatic carbocycles. The molecule has 4 heteroatoms. The quantitative estimate of drug-likeness (QED) is 0.410. The Kier molecular flexibility index (Phi) is 1.02. The lowest BCUT2D eigenvalue weighted by Crippen LogP contribution is -2.31. The Morgan fingerprint density at radius 3 is 3.21 bits per heavy atom. The Hall–Kier alpha value is -1.29. The summed E-state index contributed by atoms with van der Waals surface area (Å²) in [7, 11) is 0. The second-order valence-electron chi connectivity index (χ2n) is 4.05. The first-order chi connectivity index (χ1) is 6.84. The second kappa shape index (κ2) is 2.03. The molecule has 0 unspecified atom stereocenters. The zero-order chi connectivity index (χ0) is 9.28. The van der Waals surface area contributed by atoms with Crippen LogP contribution in [0.15, 0.2) is 23.5 Å². The van der Waals surface area contributed by atoms with E-state index in [0.29, 0.717) is 12.2 Å². The number of esters is 1. The molecule has 4 nitrogen and oxygen atoms in total. The van der Waals surface area contributed by atoms with Crippen LogP contribution >= 0.6 is 0 Å². The van der Waals surface area contributed by atoms with Gasteiger partial charge in [-0.05, 0) is 11.6 Å². The molecule has 0 radical (unpaired) electrons. The van der Waals surface area contributed by atoms with Crippen LogP contribution in [0.25, 0.3) is 0 Å². The van der Waals surface area contributed by atoms with Crippen LogP contribution < -0.4 is 0 Å². The van der Waals surface area contributed by atoms with Crippen molar-refractivity contribution in [1.29, 1.82) is 0 Å². The molecule has 0 aromatic rings. The first-order valence-corrected chi connectivity index (χ1v) is 4.73. The van der Waals surface area contributed by atoms with E-state index >= 15 is 0 Å². The summed E-state index contributed by atoms with van der Waals surface area (Å²) in [6, 6.07) is 0. The van der Waals surface area contributed by atoms with Crippen LogP contribution in [0.1, 0.15) is 0 Å². The molecule has 72 valence electrons. The smallest absolute Gasteiger partial charge is 0.338 e. The lowest BCUT2D eigenvalue weighted by Gasteiger charge is -2.26. The molecule has 0 amide bonds. The normalized spacial score (nSPS) is 46.7. The summed E-state index contributed by atoms with van der Waals surface area (Å²) in [6.07, 6.45) is 3.26. The molecule has 2 fully saturated rings. The molecule has 14 heavy (non-hydrogen) atoms. The van der Waals surface area contributed by atoms with E-state index in [4.69, 9.17) is 14.2 Å². The summed E-state index contributed by atoms with van der Waals surface area (Å²) in [5.41, 5.74) is 1.90. The van der Waals surface area contributed by atoms with Gasteiger partial charge >= 0.3 is 5.97 Å². The molecule has 0 spiro atoms. The zero-order valence-electron chi connectivity index (χ0n) is 7.30. The maximum absolute atomic E-state index is 11.4. The highest BCUT2D eigenvalue weighted by molar-refractivity contribution is 5.92. The predicted octanol–water partition coefficient (Wildman–Crippen LogP) is 0.355. The third-order valence-corrected chi connectivity index (χ3v) is 3.42. The van der Waals surface area contributed by atoms with Crippen LogP contribution in [-0.4, -0.2) is 25.0 Å². The topological polar surface area (TPSA) is 44.8 Å². The molecule has 2 saturated heterocycles. The first kappa shape index (κ1) is 7.06. The Balaban J connectivity index is 1.92. The summed E-state index contributed by atoms with van der Waals surface area (Å²) < 4.78 is 16.0. The van der Waals surface area contributed by atoms with Crippen LogP contribution in [-0.2, 0) is 19.0 Å². The molecular weight excluding hydrogens is 184 g/mol. The van der Waals surface area contributed by atoms with Crippen molar-refractivity contribution in [3.63, 3.8) is 0 Å². The van der Waals surface area contributed by atoms with Crippen molar-refractivity contribution in [2.75, 3.05) is 6.61 Å². The molecule has 0 saturated carbocycles. The van der Waals surface area contributed by atoms with Gasteiger partial charge in [-0.1, -0.05) is 0 Å². The fourth-order valence-electron chi connectivity index (χ4n) is 2.83. The fraction of sp³-hybridized carbons (Fsp3) is 0.500. The van der Waals surface area contributed by atoms with E-state index in [9.17, 15) is 4.79 Å². The van der Waals surface area contributed by atoms with Gasteiger partial charge in [0.2, 0.25) is 6.29 Å². The van der Waals surface area contributed by atoms with Crippen molar-refractivity contribution in [3.8, 4) is 0 Å². The van der Waals surface area contributed by atoms with E-state index < -0.39 is 0 Å². The lowest BCUT2D eigenvalue weighted by molar-refractivity contribution is -0.137. The maximum Gasteiger partial charge on any atom is 0.338 e. The Morgan fingerprint density at radius 2 is 2.29 bits per heavy atom. The second-order valence-corrected chi connectivity index (χ2v) is 4.05. The van der Waals surface area contributed by atoms with E-state index in [1.54, 1.807) is 0 Å². The summed E-state index contributed by atoms with van der Waals surface area (Å²) in [5, 5.41) is 0. The highest BCUT2D eigenvalue weighted by Crippen LogP contribution is 2.51. The fourth-order valence-corrected chi connectivity index (χ4v) is 2.83. The van der Waals surface area contributed by atoms with Crippen molar-refractivity contribution in [2.45, 2.75) is 12.4 Å². The Labute approximate surface area is 80.1 Å². The average molecular weight is 192 g/mol. The monoisotopic (exact) mass is 192 g/mol. The standard InChI is InChI=1S/C10H8O4/c11-9-5-3-13-10-7-4(2-12-10)1-6(14-9)8(5)7/h1,3,6-8,10H,2H2/t6-,7+,8-,10-/m0/s1. The number of hydrogen-bond acceptors (Lipinski definition) is 4. The van der Waals surface area contributed by atoms with Crippen LogP contribution in [0.3, 0.4) is 0 Å². The lowest BCUT2D eigenvalue weighted by atomic mass is 9.85. The van der Waals surface area contributed by atoms with Crippen LogP contribution in [0.2, 0.25) is 0 Å². The van der Waals surface area contributed by atoms with Crippen molar-refractivity contribution >= 4 is 5.97 Å². The van der Waals surface area contributed by atoms with Crippen molar-refractivity contribution in [1.82, 2.24) is 0 Å². The van der Waals surface area contributed by atoms with Crippen molar-refractivity contribution < 1.29 is 19.0 Å². The first-order valence-electron chi connectivity index (χ1n) is 4.73. The predicted molar refractivity (Wildman–Crippen MR) is 43.9 cm³/mol. The Bertz CT molecular complexity index is 395. The third-order valence-electron chi connectivity index (χ3n) is 3.42. The number of carbonyl (C=O) groups is 1. The molecule has 0 aromatic heterocycles. The van der Waals surface area contributed by atoms with Crippen molar-refractivity contribution in [3.05, 3.63) is 23.5 Å². The van der Waals surface area contributed by atoms with Crippen LogP contribution in [0.5, 0.6) is 0 Å². The third kappa shape index (κ3) is 0.609. The van der Waals surface area contributed by atoms with Gasteiger partial charge in [0.1, 0.15) is 6.10 Å². The molecule has 1 aliphatic carbocycles. The van der Waals surface area contributed by atoms with Gasteiger partial charge in [0, 0.05) is 5.92 Å². The highest BCUT2D eigenvalue weighted by atomic mass is 16.7. The van der Waals surface area contributed by atoms with Crippen LogP contribution in [0.4, 0.5) is 0 Å². The van der Waals surface area contributed by atoms with Gasteiger partial charge in [-0.3, -0.25) is 0 Å². The van der Waals surface area contributed by atoms with E-state index in [1.165, 1.54) is 11.8 Å². The molecule has 3 aliphatic heterocycles. The molecule has 0 N–H and O–H groups in total. The van der Waals surface area contributed by atoms with E-state index in [2.05, 4.69) is 0 Å². The van der Waals surface area contributed by atoms with E-state index in [-0.39, 0.29) is 30.2 Å². The largest absolute Gasteiger partial charge is 0.471 e. The van der Waals surface area contributed by atoms with Gasteiger partial charge < -0.3 is 14.2 Å². The van der Waals surface area contributed by atoms with E-state index in [0.717, 1.165) is 0 Å². The number of hydrogen-bond donors (Lipinski definition) is 0. The molecule has 3 heterocycles. The van der Waals surface area contributed by atoms with Crippen LogP contribution in [0, 0.1) is 11.8 Å². The molecule has 4 rings (SSSR count). The minimum atomic E-state index is -0.236. The number of carbonyl (C=O) groups excluding carboxylic acids is 1. The van der Waals surface area contributed by atoms with Gasteiger partial charge in [0.15, 0.2) is 0 Å². The number of rotatable bonds is 0. The van der Waals surface area contributed by atoms with E-state index in [1.807, 2.05) is 6.08 Å². The molecule has 4 atom stereocenters. The molecule has 4 aliphatic rings.